The number of benzene rings is 1. The fourth-order valence-corrected chi connectivity index (χ4v) is 1.59. The smallest absolute Gasteiger partial charge is 0.253 e. The Morgan fingerprint density at radius 3 is 2.71 bits per heavy atom. The van der Waals surface area contributed by atoms with Gasteiger partial charge in [0, 0.05) is 5.69 Å². The Morgan fingerprint density at radius 2 is 2.06 bits per heavy atom. The number of amides is 1. The summed E-state index contributed by atoms with van der Waals surface area (Å²) in [5, 5.41) is 2.83. The Labute approximate surface area is 99.4 Å². The van der Waals surface area contributed by atoms with E-state index in [1.54, 1.807) is 36.6 Å². The van der Waals surface area contributed by atoms with Crippen molar-refractivity contribution in [2.75, 3.05) is 5.73 Å². The van der Waals surface area contributed by atoms with Gasteiger partial charge in [-0.2, -0.15) is 0 Å². The quantitative estimate of drug-likeness (QED) is 0.795. The van der Waals surface area contributed by atoms with Crippen LogP contribution < -0.4 is 11.1 Å². The lowest BCUT2D eigenvalue weighted by atomic mass is 10.1. The van der Waals surface area contributed by atoms with Crippen molar-refractivity contribution < 1.29 is 9.21 Å². The minimum absolute atomic E-state index is 0.183. The van der Waals surface area contributed by atoms with Crippen molar-refractivity contribution in [3.8, 4) is 0 Å². The summed E-state index contributed by atoms with van der Waals surface area (Å²) in [6, 6.07) is 10.4. The molecule has 4 heteroatoms. The Morgan fingerprint density at radius 1 is 1.29 bits per heavy atom. The van der Waals surface area contributed by atoms with Crippen LogP contribution in [0.15, 0.2) is 47.1 Å². The molecule has 0 unspecified atom stereocenters. The maximum absolute atomic E-state index is 11.9. The molecule has 1 heterocycles. The number of nitrogens with two attached hydrogens (primary N) is 1. The van der Waals surface area contributed by atoms with Crippen molar-refractivity contribution in [1.82, 2.24) is 5.32 Å². The highest BCUT2D eigenvalue weighted by Crippen LogP contribution is 2.15. The maximum Gasteiger partial charge on any atom is 0.253 e. The Hall–Kier alpha value is -2.23. The normalized spacial score (nSPS) is 12.1. The SMILES string of the molecule is C[C@H](NC(=O)c1ccccc1N)c1ccco1. The van der Waals surface area contributed by atoms with Crippen molar-refractivity contribution in [1.29, 1.82) is 0 Å². The number of nitrogens with one attached hydrogen (secondary N) is 1. The third-order valence-corrected chi connectivity index (χ3v) is 2.52. The molecule has 3 N–H and O–H groups in total. The molecule has 2 aromatic rings. The predicted molar refractivity (Wildman–Crippen MR) is 65.4 cm³/mol. The van der Waals surface area contributed by atoms with Crippen molar-refractivity contribution in [2.45, 2.75) is 13.0 Å². The van der Waals surface area contributed by atoms with Crippen molar-refractivity contribution >= 4 is 11.6 Å². The minimum atomic E-state index is -0.202. The number of rotatable bonds is 3. The van der Waals surface area contributed by atoms with Crippen LogP contribution >= 0.6 is 0 Å². The van der Waals surface area contributed by atoms with Crippen LogP contribution in [0.4, 0.5) is 5.69 Å². The lowest BCUT2D eigenvalue weighted by Gasteiger charge is -2.12. The van der Waals surface area contributed by atoms with Crippen LogP contribution in [0.3, 0.4) is 0 Å². The fraction of sp³-hybridized carbons (Fsp3) is 0.154. The van der Waals surface area contributed by atoms with E-state index in [1.165, 1.54) is 0 Å². The molecule has 88 valence electrons. The van der Waals surface area contributed by atoms with Gasteiger partial charge in [-0.25, -0.2) is 0 Å². The first kappa shape index (κ1) is 11.3. The third-order valence-electron chi connectivity index (χ3n) is 2.52. The average Bonchev–Trinajstić information content (AvgIpc) is 2.82. The lowest BCUT2D eigenvalue weighted by molar-refractivity contribution is 0.0936. The number of carbonyl (C=O) groups excluding carboxylic acids is 1. The summed E-state index contributed by atoms with van der Waals surface area (Å²) in [4.78, 5) is 11.9. The van der Waals surface area contributed by atoms with E-state index in [-0.39, 0.29) is 11.9 Å². The molecule has 0 saturated carbocycles. The lowest BCUT2D eigenvalue weighted by Crippen LogP contribution is -2.27. The first-order chi connectivity index (χ1) is 8.18. The second-order valence-electron chi connectivity index (χ2n) is 3.80. The largest absolute Gasteiger partial charge is 0.467 e. The van der Waals surface area contributed by atoms with E-state index in [2.05, 4.69) is 5.32 Å². The number of furan rings is 1. The molecule has 4 nitrogen and oxygen atoms in total. The Balaban J connectivity index is 2.10. The summed E-state index contributed by atoms with van der Waals surface area (Å²) < 4.78 is 5.22. The van der Waals surface area contributed by atoms with Crippen molar-refractivity contribution in [3.63, 3.8) is 0 Å². The zero-order chi connectivity index (χ0) is 12.3. The van der Waals surface area contributed by atoms with Gasteiger partial charge in [-0.15, -0.1) is 0 Å². The van der Waals surface area contributed by atoms with Gasteiger partial charge in [0.2, 0.25) is 0 Å². The van der Waals surface area contributed by atoms with Crippen molar-refractivity contribution in [2.24, 2.45) is 0 Å². The predicted octanol–water partition coefficient (Wildman–Crippen LogP) is 2.35. The van der Waals surface area contributed by atoms with Gasteiger partial charge in [0.15, 0.2) is 0 Å². The first-order valence-corrected chi connectivity index (χ1v) is 5.37. The van der Waals surface area contributed by atoms with Crippen LogP contribution in [-0.2, 0) is 0 Å². The van der Waals surface area contributed by atoms with Crippen LogP contribution in [0.2, 0.25) is 0 Å². The highest BCUT2D eigenvalue weighted by Gasteiger charge is 2.14. The third kappa shape index (κ3) is 2.47. The second kappa shape index (κ2) is 4.74. The average molecular weight is 230 g/mol. The van der Waals surface area contributed by atoms with Gasteiger partial charge >= 0.3 is 0 Å². The molecule has 0 saturated heterocycles. The van der Waals surface area contributed by atoms with E-state index in [9.17, 15) is 4.79 Å². The van der Waals surface area contributed by atoms with Gasteiger partial charge in [0.1, 0.15) is 5.76 Å². The highest BCUT2D eigenvalue weighted by molar-refractivity contribution is 5.99. The molecular weight excluding hydrogens is 216 g/mol. The summed E-state index contributed by atoms with van der Waals surface area (Å²) >= 11 is 0. The topological polar surface area (TPSA) is 68.3 Å². The molecule has 0 aliphatic rings. The number of para-hydroxylation sites is 1. The van der Waals surface area contributed by atoms with Gasteiger partial charge < -0.3 is 15.5 Å². The monoisotopic (exact) mass is 230 g/mol. The molecule has 1 atom stereocenters. The number of hydrogen-bond acceptors (Lipinski definition) is 3. The minimum Gasteiger partial charge on any atom is -0.467 e. The standard InChI is InChI=1S/C13H14N2O2/c1-9(12-7-4-8-17-12)15-13(16)10-5-2-3-6-11(10)14/h2-9H,14H2,1H3,(H,15,16)/t9-/m0/s1. The molecule has 2 rings (SSSR count). The summed E-state index contributed by atoms with van der Waals surface area (Å²) in [7, 11) is 0. The Bertz CT molecular complexity index is 506. The summed E-state index contributed by atoms with van der Waals surface area (Å²) in [5.74, 6) is 0.514. The first-order valence-electron chi connectivity index (χ1n) is 5.37. The van der Waals surface area contributed by atoms with Crippen LogP contribution in [0, 0.1) is 0 Å². The molecule has 0 bridgehead atoms. The van der Waals surface area contributed by atoms with Gasteiger partial charge in [0.25, 0.3) is 5.91 Å². The van der Waals surface area contributed by atoms with E-state index in [1.807, 2.05) is 13.0 Å². The van der Waals surface area contributed by atoms with Gasteiger partial charge in [-0.3, -0.25) is 4.79 Å². The van der Waals surface area contributed by atoms with Crippen molar-refractivity contribution in [3.05, 3.63) is 54.0 Å². The zero-order valence-electron chi connectivity index (χ0n) is 9.51. The van der Waals surface area contributed by atoms with Crippen LogP contribution in [-0.4, -0.2) is 5.91 Å². The molecule has 0 spiro atoms. The van der Waals surface area contributed by atoms with Gasteiger partial charge in [-0.05, 0) is 31.2 Å². The van der Waals surface area contributed by atoms with E-state index in [4.69, 9.17) is 10.2 Å². The van der Waals surface area contributed by atoms with E-state index >= 15 is 0 Å². The molecular formula is C13H14N2O2. The van der Waals surface area contributed by atoms with E-state index in [0.717, 1.165) is 0 Å². The number of carbonyl (C=O) groups is 1. The molecule has 0 aliphatic carbocycles. The molecule has 1 aromatic carbocycles. The van der Waals surface area contributed by atoms with E-state index < -0.39 is 0 Å². The molecule has 0 aliphatic heterocycles. The Kier molecular flexibility index (Phi) is 3.14. The number of nitrogen functional groups attached to an aromatic ring is 1. The molecule has 1 aromatic heterocycles. The molecule has 0 radical (unpaired) electrons. The summed E-state index contributed by atoms with van der Waals surface area (Å²) in [6.45, 7) is 1.86. The maximum atomic E-state index is 11.9. The number of hydrogen-bond donors (Lipinski definition) is 2. The second-order valence-corrected chi connectivity index (χ2v) is 3.80. The molecule has 17 heavy (non-hydrogen) atoms. The van der Waals surface area contributed by atoms with Crippen LogP contribution in [0.25, 0.3) is 0 Å². The highest BCUT2D eigenvalue weighted by atomic mass is 16.3. The van der Waals surface area contributed by atoms with Crippen LogP contribution in [0.1, 0.15) is 29.1 Å². The van der Waals surface area contributed by atoms with Gasteiger partial charge in [0.05, 0.1) is 17.9 Å². The van der Waals surface area contributed by atoms with E-state index in [0.29, 0.717) is 17.0 Å². The fourth-order valence-electron chi connectivity index (χ4n) is 1.59. The summed E-state index contributed by atoms with van der Waals surface area (Å²) in [6.07, 6.45) is 1.58. The molecule has 1 amide bonds. The van der Waals surface area contributed by atoms with Crippen LogP contribution in [0.5, 0.6) is 0 Å². The molecule has 0 fully saturated rings. The summed E-state index contributed by atoms with van der Waals surface area (Å²) in [5.41, 5.74) is 6.68. The zero-order valence-corrected chi connectivity index (χ0v) is 9.51. The number of anilines is 1. The van der Waals surface area contributed by atoms with Gasteiger partial charge in [-0.1, -0.05) is 12.1 Å².